The van der Waals surface area contributed by atoms with Crippen molar-refractivity contribution in [1.82, 2.24) is 14.9 Å². The summed E-state index contributed by atoms with van der Waals surface area (Å²) >= 11 is 0. The number of aryl methyl sites for hydroxylation is 2. The zero-order chi connectivity index (χ0) is 17.3. The van der Waals surface area contributed by atoms with Crippen molar-refractivity contribution in [3.05, 3.63) is 52.9 Å². The average molecular weight is 337 g/mol. The Hall–Kier alpha value is -2.31. The molecule has 1 aliphatic rings. The quantitative estimate of drug-likeness (QED) is 0.927. The Morgan fingerprint density at radius 1 is 1.46 bits per heavy atom. The summed E-state index contributed by atoms with van der Waals surface area (Å²) in [4.78, 5) is 16.7. The van der Waals surface area contributed by atoms with Crippen molar-refractivity contribution in [3.63, 3.8) is 0 Å². The van der Waals surface area contributed by atoms with Gasteiger partial charge < -0.3 is 9.88 Å². The van der Waals surface area contributed by atoms with E-state index in [9.17, 15) is 18.0 Å². The summed E-state index contributed by atoms with van der Waals surface area (Å²) in [6.07, 6.45) is 0.857. The van der Waals surface area contributed by atoms with Gasteiger partial charge in [0.15, 0.2) is 0 Å². The normalized spacial score (nSPS) is 17.0. The van der Waals surface area contributed by atoms with Crippen molar-refractivity contribution in [2.45, 2.75) is 38.7 Å². The van der Waals surface area contributed by atoms with Gasteiger partial charge in [-0.05, 0) is 25.8 Å². The zero-order valence-corrected chi connectivity index (χ0v) is 13.2. The number of carbonyl (C=O) groups excluding carboxylic acids is 1. The van der Waals surface area contributed by atoms with E-state index < -0.39 is 23.7 Å². The molecule has 1 atom stereocenters. The van der Waals surface area contributed by atoms with Crippen molar-refractivity contribution in [3.8, 4) is 0 Å². The lowest BCUT2D eigenvalue weighted by Gasteiger charge is -2.23. The maximum Gasteiger partial charge on any atom is 0.266 e. The van der Waals surface area contributed by atoms with Crippen LogP contribution in [0.15, 0.2) is 24.4 Å². The summed E-state index contributed by atoms with van der Waals surface area (Å²) in [5.74, 6) is -0.903. The van der Waals surface area contributed by atoms with Gasteiger partial charge in [-0.3, -0.25) is 4.79 Å². The molecule has 2 heterocycles. The Balaban J connectivity index is 1.72. The number of benzene rings is 1. The molecule has 0 bridgehead atoms. The van der Waals surface area contributed by atoms with Crippen molar-refractivity contribution in [2.24, 2.45) is 0 Å². The van der Waals surface area contributed by atoms with Crippen LogP contribution in [0, 0.1) is 12.7 Å². The number of nitrogens with one attached hydrogen (secondary N) is 1. The summed E-state index contributed by atoms with van der Waals surface area (Å²) < 4.78 is 41.6. The van der Waals surface area contributed by atoms with Crippen LogP contribution >= 0.6 is 0 Å². The maximum absolute atomic E-state index is 14.0. The maximum atomic E-state index is 14.0. The summed E-state index contributed by atoms with van der Waals surface area (Å²) in [6, 6.07) is 3.45. The molecule has 24 heavy (non-hydrogen) atoms. The first kappa shape index (κ1) is 16.5. The second-order valence-electron chi connectivity index (χ2n) is 5.99. The molecule has 1 unspecified atom stereocenters. The first-order valence-electron chi connectivity index (χ1n) is 7.85. The van der Waals surface area contributed by atoms with E-state index in [1.165, 1.54) is 12.1 Å². The van der Waals surface area contributed by atoms with E-state index in [4.69, 9.17) is 0 Å². The van der Waals surface area contributed by atoms with Crippen molar-refractivity contribution < 1.29 is 18.0 Å². The number of alkyl halides is 2. The van der Waals surface area contributed by atoms with Gasteiger partial charge in [-0.1, -0.05) is 12.1 Å². The lowest BCUT2D eigenvalue weighted by molar-refractivity contribution is 0.0943. The van der Waals surface area contributed by atoms with Crippen molar-refractivity contribution in [1.29, 1.82) is 0 Å². The van der Waals surface area contributed by atoms with E-state index in [-0.39, 0.29) is 11.5 Å². The third-order valence-corrected chi connectivity index (χ3v) is 4.26. The molecular weight excluding hydrogens is 319 g/mol. The molecule has 0 radical (unpaired) electrons. The van der Waals surface area contributed by atoms with Crippen LogP contribution in [0.3, 0.4) is 0 Å². The summed E-state index contributed by atoms with van der Waals surface area (Å²) in [7, 11) is 0. The smallest absolute Gasteiger partial charge is 0.266 e. The minimum atomic E-state index is -2.95. The molecule has 4 nitrogen and oxygen atoms in total. The average Bonchev–Trinajstić information content (AvgIpc) is 2.93. The number of nitrogens with zero attached hydrogens (tertiary/aromatic N) is 2. The fraction of sp³-hybridized carbons (Fsp3) is 0.412. The van der Waals surface area contributed by atoms with E-state index >= 15 is 0 Å². The lowest BCUT2D eigenvalue weighted by Crippen LogP contribution is -2.32. The van der Waals surface area contributed by atoms with Crippen LogP contribution < -0.4 is 5.32 Å². The second kappa shape index (κ2) is 6.67. The number of hydrogen-bond acceptors (Lipinski definition) is 2. The highest BCUT2D eigenvalue weighted by molar-refractivity contribution is 5.94. The van der Waals surface area contributed by atoms with Crippen molar-refractivity contribution in [2.75, 3.05) is 6.54 Å². The van der Waals surface area contributed by atoms with Crippen LogP contribution in [0.4, 0.5) is 13.2 Å². The Morgan fingerprint density at radius 2 is 2.25 bits per heavy atom. The largest absolute Gasteiger partial charge is 0.351 e. The summed E-state index contributed by atoms with van der Waals surface area (Å²) in [6.45, 7) is 3.10. The number of rotatable bonds is 4. The van der Waals surface area contributed by atoms with E-state index in [1.54, 1.807) is 0 Å². The third kappa shape index (κ3) is 3.16. The van der Waals surface area contributed by atoms with Gasteiger partial charge in [0.1, 0.15) is 11.6 Å². The number of hydrogen-bond donors (Lipinski definition) is 1. The van der Waals surface area contributed by atoms with Gasteiger partial charge in [-0.2, -0.15) is 0 Å². The molecule has 2 aromatic rings. The van der Waals surface area contributed by atoms with Crippen LogP contribution in [-0.2, 0) is 6.54 Å². The molecule has 1 aliphatic heterocycles. The van der Waals surface area contributed by atoms with E-state index in [0.717, 1.165) is 37.0 Å². The highest BCUT2D eigenvalue weighted by Crippen LogP contribution is 2.27. The minimum absolute atomic E-state index is 0.0396. The number of amides is 1. The number of imidazole rings is 1. The first-order valence-corrected chi connectivity index (χ1v) is 7.85. The third-order valence-electron chi connectivity index (χ3n) is 4.26. The lowest BCUT2D eigenvalue weighted by atomic mass is 9.98. The Labute approximate surface area is 137 Å². The molecule has 1 aromatic heterocycles. The number of halogens is 3. The number of aromatic nitrogens is 2. The monoisotopic (exact) mass is 337 g/mol. The molecule has 0 spiro atoms. The predicted molar refractivity (Wildman–Crippen MR) is 82.6 cm³/mol. The van der Waals surface area contributed by atoms with Gasteiger partial charge in [-0.25, -0.2) is 18.2 Å². The molecule has 1 N–H and O–H groups in total. The molecule has 0 saturated carbocycles. The van der Waals surface area contributed by atoms with Gasteiger partial charge in [-0.15, -0.1) is 0 Å². The van der Waals surface area contributed by atoms with Crippen LogP contribution in [-0.4, -0.2) is 22.0 Å². The van der Waals surface area contributed by atoms with Gasteiger partial charge >= 0.3 is 0 Å². The standard InChI is InChI=1S/C17H18F3N3O/c1-10-9-23-7-3-4-11(16(23)22-10)8-21-17(24)13-6-2-5-12(14(13)18)15(19)20/h2,5-6,9,11,15H,3-4,7-8H2,1H3,(H,21,24). The minimum Gasteiger partial charge on any atom is -0.351 e. The SMILES string of the molecule is Cc1cn2c(n1)C(CNC(=O)c1cccc(C(F)F)c1F)CCC2. The van der Waals surface area contributed by atoms with Crippen LogP contribution in [0.5, 0.6) is 0 Å². The summed E-state index contributed by atoms with van der Waals surface area (Å²) in [5.41, 5.74) is -0.200. The number of fused-ring (bicyclic) bond motifs is 1. The van der Waals surface area contributed by atoms with Gasteiger partial charge in [0.05, 0.1) is 16.8 Å². The van der Waals surface area contributed by atoms with Crippen molar-refractivity contribution >= 4 is 5.91 Å². The fourth-order valence-electron chi connectivity index (χ4n) is 3.11. The fourth-order valence-corrected chi connectivity index (χ4v) is 3.11. The zero-order valence-electron chi connectivity index (χ0n) is 13.2. The molecule has 1 aromatic carbocycles. The van der Waals surface area contributed by atoms with E-state index in [1.807, 2.05) is 13.1 Å². The molecule has 1 amide bonds. The Morgan fingerprint density at radius 3 is 3.00 bits per heavy atom. The van der Waals surface area contributed by atoms with Crippen LogP contribution in [0.1, 0.15) is 52.6 Å². The topological polar surface area (TPSA) is 46.9 Å². The molecular formula is C17H18F3N3O. The molecule has 7 heteroatoms. The molecule has 0 saturated heterocycles. The second-order valence-corrected chi connectivity index (χ2v) is 5.99. The van der Waals surface area contributed by atoms with Crippen LogP contribution in [0.25, 0.3) is 0 Å². The number of carbonyl (C=O) groups is 1. The highest BCUT2D eigenvalue weighted by atomic mass is 19.3. The summed E-state index contributed by atoms with van der Waals surface area (Å²) in [5, 5.41) is 2.65. The Bertz CT molecular complexity index is 758. The predicted octanol–water partition coefficient (Wildman–Crippen LogP) is 3.58. The van der Waals surface area contributed by atoms with Gasteiger partial charge in [0.2, 0.25) is 0 Å². The molecule has 128 valence electrons. The Kier molecular flexibility index (Phi) is 4.59. The van der Waals surface area contributed by atoms with Crippen LogP contribution in [0.2, 0.25) is 0 Å². The van der Waals surface area contributed by atoms with Gasteiger partial charge in [0, 0.05) is 25.2 Å². The molecule has 0 aliphatic carbocycles. The molecule has 3 rings (SSSR count). The first-order chi connectivity index (χ1) is 11.5. The highest BCUT2D eigenvalue weighted by Gasteiger charge is 2.24. The van der Waals surface area contributed by atoms with Gasteiger partial charge in [0.25, 0.3) is 12.3 Å². The molecule has 0 fully saturated rings. The van der Waals surface area contributed by atoms with E-state index in [2.05, 4.69) is 14.9 Å². The van der Waals surface area contributed by atoms with E-state index in [0.29, 0.717) is 6.54 Å².